The van der Waals surface area contributed by atoms with Crippen molar-refractivity contribution in [2.45, 2.75) is 64.2 Å². The van der Waals surface area contributed by atoms with Crippen LogP contribution in [0.4, 0.5) is 0 Å². The molecule has 1 aromatic carbocycles. The van der Waals surface area contributed by atoms with E-state index in [1.807, 2.05) is 0 Å². The molecule has 20 heavy (non-hydrogen) atoms. The van der Waals surface area contributed by atoms with E-state index in [1.165, 1.54) is 56.9 Å². The van der Waals surface area contributed by atoms with Gasteiger partial charge in [0.2, 0.25) is 0 Å². The van der Waals surface area contributed by atoms with Crippen LogP contribution in [0.3, 0.4) is 0 Å². The van der Waals surface area contributed by atoms with Gasteiger partial charge in [-0.3, -0.25) is 0 Å². The molecule has 2 aliphatic rings. The fraction of sp³-hybridized carbons (Fsp3) is 0.684. The molecular formula is C19H29N. The molecule has 0 aliphatic heterocycles. The van der Waals surface area contributed by atoms with Gasteiger partial charge < -0.3 is 5.73 Å². The zero-order valence-electron chi connectivity index (χ0n) is 12.9. The maximum absolute atomic E-state index is 6.16. The number of hydrogen-bond donors (Lipinski definition) is 1. The van der Waals surface area contributed by atoms with E-state index >= 15 is 0 Å². The van der Waals surface area contributed by atoms with Crippen LogP contribution in [-0.2, 0) is 12.8 Å². The van der Waals surface area contributed by atoms with Crippen molar-refractivity contribution >= 4 is 0 Å². The van der Waals surface area contributed by atoms with E-state index < -0.39 is 0 Å². The lowest BCUT2D eigenvalue weighted by atomic mass is 9.73. The molecule has 0 bridgehead atoms. The minimum absolute atomic E-state index is 0.588. The number of fused-ring (bicyclic) bond motifs is 1. The maximum atomic E-state index is 6.16. The average Bonchev–Trinajstić information content (AvgIpc) is 2.48. The molecule has 0 heterocycles. The smallest absolute Gasteiger partial charge is 0.000556 e. The van der Waals surface area contributed by atoms with Crippen molar-refractivity contribution in [2.75, 3.05) is 6.54 Å². The molecule has 0 aromatic heterocycles. The number of hydrogen-bond acceptors (Lipinski definition) is 1. The summed E-state index contributed by atoms with van der Waals surface area (Å²) >= 11 is 0. The molecule has 0 saturated heterocycles. The summed E-state index contributed by atoms with van der Waals surface area (Å²) in [5.74, 6) is 2.29. The van der Waals surface area contributed by atoms with Crippen LogP contribution >= 0.6 is 0 Å². The Morgan fingerprint density at radius 1 is 1.10 bits per heavy atom. The normalized spacial score (nSPS) is 27.9. The lowest BCUT2D eigenvalue weighted by Gasteiger charge is -2.33. The van der Waals surface area contributed by atoms with Gasteiger partial charge in [0.25, 0.3) is 0 Å². The molecule has 110 valence electrons. The molecular weight excluding hydrogens is 242 g/mol. The molecule has 3 rings (SSSR count). The Morgan fingerprint density at radius 3 is 2.65 bits per heavy atom. The van der Waals surface area contributed by atoms with Crippen LogP contribution in [0, 0.1) is 11.8 Å². The quantitative estimate of drug-likeness (QED) is 0.864. The molecule has 0 spiro atoms. The molecule has 2 aliphatic carbocycles. The summed E-state index contributed by atoms with van der Waals surface area (Å²) in [5.41, 5.74) is 10.9. The van der Waals surface area contributed by atoms with Gasteiger partial charge in [0.15, 0.2) is 0 Å². The van der Waals surface area contributed by atoms with Crippen molar-refractivity contribution in [1.29, 1.82) is 0 Å². The SMILES string of the molecule is CC1CCCC(C(CN)c2ccc3c(c2)CCCC3)C1. The molecule has 1 heteroatoms. The van der Waals surface area contributed by atoms with Crippen LogP contribution in [0.15, 0.2) is 18.2 Å². The Hall–Kier alpha value is -0.820. The molecule has 1 fully saturated rings. The van der Waals surface area contributed by atoms with E-state index in [-0.39, 0.29) is 0 Å². The Morgan fingerprint density at radius 2 is 1.90 bits per heavy atom. The standard InChI is InChI=1S/C19H29N/c1-14-5-4-8-17(11-14)19(13-20)18-10-9-15-6-2-3-7-16(15)12-18/h9-10,12,14,17,19H,2-8,11,13,20H2,1H3. The van der Waals surface area contributed by atoms with E-state index in [0.29, 0.717) is 5.92 Å². The zero-order valence-corrected chi connectivity index (χ0v) is 12.9. The highest BCUT2D eigenvalue weighted by Gasteiger charge is 2.27. The topological polar surface area (TPSA) is 26.0 Å². The summed E-state index contributed by atoms with van der Waals surface area (Å²) in [7, 11) is 0. The second-order valence-corrected chi connectivity index (χ2v) is 7.11. The molecule has 2 N–H and O–H groups in total. The Labute approximate surface area is 124 Å². The molecule has 1 saturated carbocycles. The van der Waals surface area contributed by atoms with Crippen LogP contribution in [0.2, 0.25) is 0 Å². The monoisotopic (exact) mass is 271 g/mol. The maximum Gasteiger partial charge on any atom is -0.000556 e. The first kappa shape index (κ1) is 14.1. The van der Waals surface area contributed by atoms with E-state index in [0.717, 1.165) is 18.4 Å². The minimum Gasteiger partial charge on any atom is -0.330 e. The van der Waals surface area contributed by atoms with E-state index in [2.05, 4.69) is 25.1 Å². The first-order chi connectivity index (χ1) is 9.78. The Balaban J connectivity index is 1.81. The van der Waals surface area contributed by atoms with Crippen molar-refractivity contribution in [1.82, 2.24) is 0 Å². The number of rotatable bonds is 3. The summed E-state index contributed by atoms with van der Waals surface area (Å²) < 4.78 is 0. The van der Waals surface area contributed by atoms with Gasteiger partial charge in [0, 0.05) is 0 Å². The van der Waals surface area contributed by atoms with E-state index in [4.69, 9.17) is 5.73 Å². The van der Waals surface area contributed by atoms with Gasteiger partial charge >= 0.3 is 0 Å². The second-order valence-electron chi connectivity index (χ2n) is 7.11. The second kappa shape index (κ2) is 6.30. The van der Waals surface area contributed by atoms with Crippen molar-refractivity contribution in [3.63, 3.8) is 0 Å². The Bertz CT molecular complexity index is 451. The predicted molar refractivity (Wildman–Crippen MR) is 86.0 cm³/mol. The highest BCUT2D eigenvalue weighted by molar-refractivity contribution is 5.36. The van der Waals surface area contributed by atoms with Crippen molar-refractivity contribution in [3.8, 4) is 0 Å². The van der Waals surface area contributed by atoms with Crippen molar-refractivity contribution in [3.05, 3.63) is 34.9 Å². The summed E-state index contributed by atoms with van der Waals surface area (Å²) in [5, 5.41) is 0. The van der Waals surface area contributed by atoms with Crippen LogP contribution < -0.4 is 5.73 Å². The van der Waals surface area contributed by atoms with Gasteiger partial charge in [0.1, 0.15) is 0 Å². The first-order valence-electron chi connectivity index (χ1n) is 8.59. The van der Waals surface area contributed by atoms with Gasteiger partial charge in [-0.2, -0.15) is 0 Å². The summed E-state index contributed by atoms with van der Waals surface area (Å²) in [4.78, 5) is 0. The van der Waals surface area contributed by atoms with Crippen LogP contribution in [0.25, 0.3) is 0 Å². The van der Waals surface area contributed by atoms with Crippen molar-refractivity contribution < 1.29 is 0 Å². The lowest BCUT2D eigenvalue weighted by molar-refractivity contribution is 0.248. The molecule has 1 aromatic rings. The first-order valence-corrected chi connectivity index (χ1v) is 8.59. The molecule has 0 amide bonds. The van der Waals surface area contributed by atoms with Gasteiger partial charge in [-0.05, 0) is 79.5 Å². The van der Waals surface area contributed by atoms with Crippen LogP contribution in [0.5, 0.6) is 0 Å². The van der Waals surface area contributed by atoms with Gasteiger partial charge in [-0.1, -0.05) is 38.0 Å². The molecule has 1 nitrogen and oxygen atoms in total. The van der Waals surface area contributed by atoms with Crippen LogP contribution in [-0.4, -0.2) is 6.54 Å². The molecule has 3 unspecified atom stereocenters. The molecule has 0 radical (unpaired) electrons. The van der Waals surface area contributed by atoms with Gasteiger partial charge in [-0.25, -0.2) is 0 Å². The lowest BCUT2D eigenvalue weighted by Crippen LogP contribution is -2.26. The van der Waals surface area contributed by atoms with Crippen LogP contribution in [0.1, 0.15) is 68.1 Å². The molecule has 3 atom stereocenters. The van der Waals surface area contributed by atoms with E-state index in [9.17, 15) is 0 Å². The largest absolute Gasteiger partial charge is 0.330 e. The predicted octanol–water partition coefficient (Wildman–Crippen LogP) is 4.43. The third-order valence-corrected chi connectivity index (χ3v) is 5.60. The highest BCUT2D eigenvalue weighted by atomic mass is 14.6. The Kier molecular flexibility index (Phi) is 4.45. The number of nitrogens with two attached hydrogens (primary N) is 1. The zero-order chi connectivity index (χ0) is 13.9. The third-order valence-electron chi connectivity index (χ3n) is 5.60. The van der Waals surface area contributed by atoms with E-state index in [1.54, 1.807) is 11.1 Å². The van der Waals surface area contributed by atoms with Gasteiger partial charge in [-0.15, -0.1) is 0 Å². The van der Waals surface area contributed by atoms with Gasteiger partial charge in [0.05, 0.1) is 0 Å². The fourth-order valence-corrected chi connectivity index (χ4v) is 4.43. The average molecular weight is 271 g/mol. The third kappa shape index (κ3) is 2.93. The van der Waals surface area contributed by atoms with Crippen molar-refractivity contribution in [2.24, 2.45) is 17.6 Å². The summed E-state index contributed by atoms with van der Waals surface area (Å²) in [6.07, 6.45) is 10.9. The summed E-state index contributed by atoms with van der Waals surface area (Å²) in [6, 6.07) is 7.25. The highest BCUT2D eigenvalue weighted by Crippen LogP contribution is 2.38. The minimum atomic E-state index is 0.588. The summed E-state index contributed by atoms with van der Waals surface area (Å²) in [6.45, 7) is 3.22. The number of benzene rings is 1. The number of aryl methyl sites for hydroxylation is 2. The fourth-order valence-electron chi connectivity index (χ4n) is 4.43.